The fraction of sp³-hybridized carbons (Fsp3) is 0.769. The summed E-state index contributed by atoms with van der Waals surface area (Å²) in [5.41, 5.74) is 0.785. The number of rotatable bonds is 6. The van der Waals surface area contributed by atoms with Crippen molar-refractivity contribution in [2.75, 3.05) is 7.11 Å². The van der Waals surface area contributed by atoms with E-state index in [4.69, 9.17) is 14.6 Å². The lowest BCUT2D eigenvalue weighted by Gasteiger charge is -2.44. The number of cyclic esters (lactones) is 1. The van der Waals surface area contributed by atoms with E-state index in [1.807, 2.05) is 20.8 Å². The van der Waals surface area contributed by atoms with Crippen molar-refractivity contribution in [3.05, 3.63) is 23.8 Å². The van der Waals surface area contributed by atoms with Crippen molar-refractivity contribution in [3.63, 3.8) is 0 Å². The maximum Gasteiger partial charge on any atom is 0.311 e. The summed E-state index contributed by atoms with van der Waals surface area (Å²) < 4.78 is 11.6. The molecule has 7 atom stereocenters. The van der Waals surface area contributed by atoms with E-state index in [1.54, 1.807) is 0 Å². The van der Waals surface area contributed by atoms with Crippen LogP contribution in [0.2, 0.25) is 0 Å². The van der Waals surface area contributed by atoms with Gasteiger partial charge in [-0.15, -0.1) is 0 Å². The molecule has 0 unspecified atom stereocenters. The van der Waals surface area contributed by atoms with Gasteiger partial charge in [-0.3, -0.25) is 9.59 Å². The second-order valence-electron chi connectivity index (χ2n) is 10.3. The van der Waals surface area contributed by atoms with Gasteiger partial charge in [0.25, 0.3) is 0 Å². The molecular formula is C26H42O6. The van der Waals surface area contributed by atoms with Gasteiger partial charge in [-0.1, -0.05) is 39.0 Å². The highest BCUT2D eigenvalue weighted by atomic mass is 16.6. The number of ether oxygens (including phenoxy) is 2. The molecule has 0 radical (unpaired) electrons. The van der Waals surface area contributed by atoms with Gasteiger partial charge in [-0.25, -0.2) is 0 Å². The Balaban J connectivity index is 0.00000176. The van der Waals surface area contributed by atoms with Gasteiger partial charge < -0.3 is 19.7 Å². The summed E-state index contributed by atoms with van der Waals surface area (Å²) >= 11 is 0. The van der Waals surface area contributed by atoms with Gasteiger partial charge >= 0.3 is 11.9 Å². The molecule has 0 aromatic heterocycles. The van der Waals surface area contributed by atoms with E-state index in [9.17, 15) is 14.7 Å². The fourth-order valence-corrected chi connectivity index (χ4v) is 5.08. The SMILES string of the molecule is CCC(C)(C)C(=O)O[C@H]1C[C@@H](C)C=C2C=C[C@H](C)[C@H](CC[C@@H]3C[C@@H](O)CC(=O)O3)[C@H]21.CO. The average molecular weight is 451 g/mol. The van der Waals surface area contributed by atoms with Crippen molar-refractivity contribution in [2.24, 2.45) is 29.1 Å². The number of allylic oxidation sites excluding steroid dienone is 3. The highest BCUT2D eigenvalue weighted by molar-refractivity contribution is 5.76. The fourth-order valence-electron chi connectivity index (χ4n) is 5.08. The zero-order chi connectivity index (χ0) is 24.1. The Hall–Kier alpha value is -1.66. The van der Waals surface area contributed by atoms with Crippen molar-refractivity contribution in [1.82, 2.24) is 0 Å². The third kappa shape index (κ3) is 6.44. The number of hydrogen-bond donors (Lipinski definition) is 2. The van der Waals surface area contributed by atoms with Crippen LogP contribution in [0.1, 0.15) is 73.1 Å². The van der Waals surface area contributed by atoms with E-state index in [0.717, 1.165) is 32.8 Å². The molecule has 6 nitrogen and oxygen atoms in total. The normalized spacial score (nSPS) is 34.4. The summed E-state index contributed by atoms with van der Waals surface area (Å²) in [4.78, 5) is 24.6. The maximum absolute atomic E-state index is 12.9. The minimum absolute atomic E-state index is 0.0949. The first kappa shape index (κ1) is 26.6. The highest BCUT2D eigenvalue weighted by Crippen LogP contribution is 2.45. The molecule has 3 rings (SSSR count). The second-order valence-corrected chi connectivity index (χ2v) is 10.3. The zero-order valence-corrected chi connectivity index (χ0v) is 20.5. The van der Waals surface area contributed by atoms with Gasteiger partial charge in [0.1, 0.15) is 12.2 Å². The molecule has 0 bridgehead atoms. The molecule has 1 fully saturated rings. The first-order valence-corrected chi connectivity index (χ1v) is 12.0. The number of carbonyl (C=O) groups is 2. The average Bonchev–Trinajstić information content (AvgIpc) is 2.73. The minimum atomic E-state index is -0.601. The number of fused-ring (bicyclic) bond motifs is 1. The number of esters is 2. The van der Waals surface area contributed by atoms with Gasteiger partial charge in [0, 0.05) is 19.4 Å². The third-order valence-corrected chi connectivity index (χ3v) is 7.35. The molecule has 0 aromatic carbocycles. The van der Waals surface area contributed by atoms with Gasteiger partial charge in [-0.05, 0) is 62.9 Å². The first-order valence-electron chi connectivity index (χ1n) is 12.0. The van der Waals surface area contributed by atoms with Crippen molar-refractivity contribution in [3.8, 4) is 0 Å². The standard InChI is InChI=1S/C25H38O5.CH4O/c1-6-25(4,5)24(28)30-21-12-15(2)11-17-8-7-16(3)20(23(17)21)10-9-19-13-18(26)14-22(27)29-19;1-2/h7-8,11,15-16,18-21,23,26H,6,9-10,12-14H2,1-5H3;2H,1H3/t15-,16-,18+,19+,20-,21-,23-;/m0./s1. The predicted molar refractivity (Wildman–Crippen MR) is 124 cm³/mol. The lowest BCUT2D eigenvalue weighted by Crippen LogP contribution is -2.43. The van der Waals surface area contributed by atoms with E-state index < -0.39 is 11.5 Å². The third-order valence-electron chi connectivity index (χ3n) is 7.35. The Labute approximate surface area is 193 Å². The minimum Gasteiger partial charge on any atom is -0.462 e. The van der Waals surface area contributed by atoms with Gasteiger partial charge in [0.2, 0.25) is 0 Å². The molecule has 2 N–H and O–H groups in total. The molecule has 0 aromatic rings. The Bertz CT molecular complexity index is 709. The van der Waals surface area contributed by atoms with Crippen LogP contribution in [0.15, 0.2) is 23.8 Å². The maximum atomic E-state index is 12.9. The summed E-state index contributed by atoms with van der Waals surface area (Å²) in [5.74, 6) is 0.776. The quantitative estimate of drug-likeness (QED) is 0.589. The van der Waals surface area contributed by atoms with Crippen LogP contribution in [0.25, 0.3) is 0 Å². The number of carbonyl (C=O) groups excluding carboxylic acids is 2. The molecule has 2 aliphatic carbocycles. The van der Waals surface area contributed by atoms with Crippen LogP contribution in [0.4, 0.5) is 0 Å². The predicted octanol–water partition coefficient (Wildman–Crippen LogP) is 4.19. The summed E-state index contributed by atoms with van der Waals surface area (Å²) in [5, 5.41) is 16.9. The summed E-state index contributed by atoms with van der Waals surface area (Å²) in [6.07, 6.45) is 9.61. The van der Waals surface area contributed by atoms with Crippen molar-refractivity contribution in [1.29, 1.82) is 0 Å². The first-order chi connectivity index (χ1) is 15.1. The van der Waals surface area contributed by atoms with Crippen LogP contribution in [-0.4, -0.2) is 47.6 Å². The zero-order valence-electron chi connectivity index (χ0n) is 20.5. The molecule has 1 aliphatic heterocycles. The van der Waals surface area contributed by atoms with Gasteiger partial charge in [0.05, 0.1) is 17.9 Å². The summed E-state index contributed by atoms with van der Waals surface area (Å²) in [6.45, 7) is 10.3. The van der Waals surface area contributed by atoms with Crippen molar-refractivity contribution < 1.29 is 29.3 Å². The molecule has 0 saturated carbocycles. The smallest absolute Gasteiger partial charge is 0.311 e. The molecular weight excluding hydrogens is 408 g/mol. The molecule has 32 heavy (non-hydrogen) atoms. The number of aliphatic hydroxyl groups excluding tert-OH is 2. The topological polar surface area (TPSA) is 93.1 Å². The van der Waals surface area contributed by atoms with Gasteiger partial charge in [-0.2, -0.15) is 0 Å². The van der Waals surface area contributed by atoms with Crippen LogP contribution in [0.3, 0.4) is 0 Å². The largest absolute Gasteiger partial charge is 0.462 e. The van der Waals surface area contributed by atoms with E-state index >= 15 is 0 Å². The van der Waals surface area contributed by atoms with E-state index in [-0.39, 0.29) is 36.5 Å². The molecule has 0 spiro atoms. The Morgan fingerprint density at radius 2 is 1.91 bits per heavy atom. The van der Waals surface area contributed by atoms with Crippen molar-refractivity contribution in [2.45, 2.75) is 91.5 Å². The molecule has 3 aliphatic rings. The van der Waals surface area contributed by atoms with Crippen LogP contribution >= 0.6 is 0 Å². The monoisotopic (exact) mass is 450 g/mol. The molecule has 0 amide bonds. The van der Waals surface area contributed by atoms with E-state index in [0.29, 0.717) is 24.2 Å². The van der Waals surface area contributed by atoms with E-state index in [2.05, 4.69) is 32.1 Å². The number of aliphatic hydroxyl groups is 2. The van der Waals surface area contributed by atoms with E-state index in [1.165, 1.54) is 5.57 Å². The van der Waals surface area contributed by atoms with Crippen LogP contribution in [-0.2, 0) is 19.1 Å². The van der Waals surface area contributed by atoms with Crippen LogP contribution < -0.4 is 0 Å². The molecule has 6 heteroatoms. The lowest BCUT2D eigenvalue weighted by atomic mass is 9.65. The summed E-state index contributed by atoms with van der Waals surface area (Å²) in [6, 6.07) is 0. The Morgan fingerprint density at radius 1 is 1.22 bits per heavy atom. The lowest BCUT2D eigenvalue weighted by molar-refractivity contribution is -0.166. The Morgan fingerprint density at radius 3 is 2.53 bits per heavy atom. The van der Waals surface area contributed by atoms with Crippen LogP contribution in [0.5, 0.6) is 0 Å². The second kappa shape index (κ2) is 11.5. The molecule has 1 heterocycles. The molecule has 182 valence electrons. The molecule has 1 saturated heterocycles. The highest BCUT2D eigenvalue weighted by Gasteiger charge is 2.43. The Kier molecular flexibility index (Phi) is 9.53. The number of hydrogen-bond acceptors (Lipinski definition) is 6. The van der Waals surface area contributed by atoms with Gasteiger partial charge in [0.15, 0.2) is 0 Å². The van der Waals surface area contributed by atoms with Crippen molar-refractivity contribution >= 4 is 11.9 Å². The van der Waals surface area contributed by atoms with Crippen LogP contribution in [0, 0.1) is 29.1 Å². The summed E-state index contributed by atoms with van der Waals surface area (Å²) in [7, 11) is 1.00.